The Morgan fingerprint density at radius 3 is 1.37 bits per heavy atom. The number of urea groups is 2. The molecule has 4 aromatic carbocycles. The van der Waals surface area contributed by atoms with Crippen molar-refractivity contribution in [2.75, 3.05) is 49.6 Å². The van der Waals surface area contributed by atoms with Crippen molar-refractivity contribution in [3.8, 4) is 0 Å². The van der Waals surface area contributed by atoms with Crippen molar-refractivity contribution in [3.63, 3.8) is 0 Å². The molecule has 4 aromatic rings. The number of ether oxygens (including phenoxy) is 1. The molecule has 0 saturated carbocycles. The third-order valence-electron chi connectivity index (χ3n) is 9.86. The molecule has 2 aliphatic heterocycles. The number of hydrogen-bond acceptors (Lipinski definition) is 6. The van der Waals surface area contributed by atoms with E-state index in [1.165, 1.54) is 20.0 Å². The molecule has 0 aromatic heterocycles. The fourth-order valence-electron chi connectivity index (χ4n) is 6.79. The number of methoxy groups -OCH3 is 1. The van der Waals surface area contributed by atoms with E-state index in [0.29, 0.717) is 24.2 Å². The maximum Gasteiger partial charge on any atom is 0.337 e. The summed E-state index contributed by atoms with van der Waals surface area (Å²) in [4.78, 5) is 57.3. The summed E-state index contributed by atoms with van der Waals surface area (Å²) in [5.74, 6) is -0.442. The van der Waals surface area contributed by atoms with E-state index in [0.717, 1.165) is 85.5 Å². The quantitative estimate of drug-likeness (QED) is 0.137. The van der Waals surface area contributed by atoms with Gasteiger partial charge < -0.3 is 20.3 Å². The van der Waals surface area contributed by atoms with E-state index in [9.17, 15) is 19.2 Å². The molecular formula is C44H53N5O5. The molecule has 2 N–H and O–H groups in total. The van der Waals surface area contributed by atoms with Crippen LogP contribution in [-0.2, 0) is 17.8 Å². The Bertz CT molecular complexity index is 1730. The first-order valence-corrected chi connectivity index (χ1v) is 18.9. The number of piperidine rings is 2. The number of Topliss-reactive ketones (excluding diaryl/α,β-unsaturated/α-hetero) is 1. The molecule has 2 fully saturated rings. The molecule has 0 spiro atoms. The van der Waals surface area contributed by atoms with Gasteiger partial charge in [-0.3, -0.25) is 14.6 Å². The molecule has 2 aliphatic rings. The van der Waals surface area contributed by atoms with Gasteiger partial charge in [0, 0.05) is 43.1 Å². The van der Waals surface area contributed by atoms with Crippen LogP contribution in [-0.4, -0.2) is 73.4 Å². The Hall–Kier alpha value is -5.48. The van der Waals surface area contributed by atoms with Gasteiger partial charge >= 0.3 is 18.0 Å². The van der Waals surface area contributed by atoms with Crippen molar-refractivity contribution in [1.82, 2.24) is 9.80 Å². The largest absolute Gasteiger partial charge is 0.465 e. The number of esters is 1. The number of nitrogens with two attached hydrogens (primary N) is 1. The first kappa shape index (κ1) is 39.7. The number of benzene rings is 4. The summed E-state index contributed by atoms with van der Waals surface area (Å²) >= 11 is 0. The lowest BCUT2D eigenvalue weighted by Gasteiger charge is -2.33. The van der Waals surface area contributed by atoms with E-state index in [4.69, 9.17) is 10.5 Å². The summed E-state index contributed by atoms with van der Waals surface area (Å²) < 4.78 is 4.75. The average Bonchev–Trinajstić information content (AvgIpc) is 3.22. The van der Waals surface area contributed by atoms with Crippen molar-refractivity contribution in [2.24, 2.45) is 5.73 Å². The standard InChI is InChI=1S/C22H27N3O2.C22H26N2O3/c1-17-6-5-7-20(14-17)25(22(27)24-12-3-2-4-13-24)16-18-8-10-19(11-9-18)21(26)15-23;1-17-7-6-8-20(15-17)24(22(26)23-13-4-3-5-14-23)16-18-9-11-19(12-10-18)21(25)27-2/h5-11,14H,2-4,12-13,15-16,23H2,1H3;6-12,15H,3-5,13-14,16H2,1-2H3. The molecule has 0 aliphatic carbocycles. The monoisotopic (exact) mass is 731 g/mol. The van der Waals surface area contributed by atoms with Crippen LogP contribution in [0.25, 0.3) is 0 Å². The van der Waals surface area contributed by atoms with E-state index in [-0.39, 0.29) is 30.4 Å². The first-order chi connectivity index (χ1) is 26.2. The Morgan fingerprint density at radius 2 is 1.00 bits per heavy atom. The van der Waals surface area contributed by atoms with E-state index in [2.05, 4.69) is 0 Å². The van der Waals surface area contributed by atoms with Gasteiger partial charge in [-0.05, 0) is 111 Å². The Morgan fingerprint density at radius 1 is 0.593 bits per heavy atom. The Labute approximate surface area is 319 Å². The van der Waals surface area contributed by atoms with E-state index in [1.807, 2.05) is 106 Å². The lowest BCUT2D eigenvalue weighted by molar-refractivity contribution is 0.0600. The maximum atomic E-state index is 13.2. The van der Waals surface area contributed by atoms with Crippen LogP contribution in [0.5, 0.6) is 0 Å². The highest BCUT2D eigenvalue weighted by molar-refractivity contribution is 5.97. The summed E-state index contributed by atoms with van der Waals surface area (Å²) in [5, 5.41) is 0. The van der Waals surface area contributed by atoms with Crippen molar-refractivity contribution in [2.45, 2.75) is 65.5 Å². The van der Waals surface area contributed by atoms with Crippen LogP contribution in [0.3, 0.4) is 0 Å². The third-order valence-corrected chi connectivity index (χ3v) is 9.86. The molecule has 284 valence electrons. The van der Waals surface area contributed by atoms with Gasteiger partial charge in [-0.25, -0.2) is 14.4 Å². The van der Waals surface area contributed by atoms with Crippen LogP contribution in [0.15, 0.2) is 97.1 Å². The van der Waals surface area contributed by atoms with Crippen molar-refractivity contribution in [1.29, 1.82) is 0 Å². The second-order valence-electron chi connectivity index (χ2n) is 14.0. The van der Waals surface area contributed by atoms with Gasteiger partial charge in [-0.2, -0.15) is 0 Å². The minimum absolute atomic E-state index is 0.00219. The molecule has 0 radical (unpaired) electrons. The third kappa shape index (κ3) is 10.8. The average molecular weight is 732 g/mol. The van der Waals surface area contributed by atoms with Gasteiger partial charge in [0.1, 0.15) is 0 Å². The second-order valence-corrected chi connectivity index (χ2v) is 14.0. The van der Waals surface area contributed by atoms with Crippen LogP contribution in [0.4, 0.5) is 21.0 Å². The highest BCUT2D eigenvalue weighted by atomic mass is 16.5. The second kappa shape index (κ2) is 19.6. The van der Waals surface area contributed by atoms with Crippen molar-refractivity contribution in [3.05, 3.63) is 130 Å². The molecule has 10 heteroatoms. The number of nitrogens with zero attached hydrogens (tertiary/aromatic N) is 4. The molecule has 4 amide bonds. The molecule has 2 saturated heterocycles. The number of likely N-dealkylation sites (tertiary alicyclic amines) is 2. The molecule has 0 atom stereocenters. The lowest BCUT2D eigenvalue weighted by Crippen LogP contribution is -2.45. The minimum atomic E-state index is -0.360. The van der Waals surface area contributed by atoms with Gasteiger partial charge in [0.2, 0.25) is 0 Å². The van der Waals surface area contributed by atoms with Crippen LogP contribution in [0.2, 0.25) is 0 Å². The fraction of sp³-hybridized carbons (Fsp3) is 0.364. The first-order valence-electron chi connectivity index (χ1n) is 18.9. The summed E-state index contributed by atoms with van der Waals surface area (Å²) in [6.45, 7) is 8.22. The van der Waals surface area contributed by atoms with Crippen LogP contribution < -0.4 is 15.5 Å². The van der Waals surface area contributed by atoms with Gasteiger partial charge in [-0.1, -0.05) is 60.7 Å². The smallest absolute Gasteiger partial charge is 0.337 e. The van der Waals surface area contributed by atoms with Gasteiger partial charge in [0.25, 0.3) is 0 Å². The van der Waals surface area contributed by atoms with Crippen LogP contribution >= 0.6 is 0 Å². The number of ketones is 1. The summed E-state index contributed by atoms with van der Waals surface area (Å²) in [5.41, 5.74) is 12.5. The zero-order chi connectivity index (χ0) is 38.5. The fourth-order valence-corrected chi connectivity index (χ4v) is 6.79. The zero-order valence-electron chi connectivity index (χ0n) is 31.8. The zero-order valence-corrected chi connectivity index (χ0v) is 31.8. The van der Waals surface area contributed by atoms with E-state index in [1.54, 1.807) is 24.3 Å². The molecule has 0 bridgehead atoms. The van der Waals surface area contributed by atoms with Gasteiger partial charge in [0.15, 0.2) is 5.78 Å². The Kier molecular flexibility index (Phi) is 14.4. The predicted octanol–water partition coefficient (Wildman–Crippen LogP) is 8.14. The van der Waals surface area contributed by atoms with Gasteiger partial charge in [0.05, 0.1) is 32.3 Å². The molecule has 6 rings (SSSR count). The minimum Gasteiger partial charge on any atom is -0.465 e. The summed E-state index contributed by atoms with van der Waals surface area (Å²) in [6.07, 6.45) is 6.60. The highest BCUT2D eigenvalue weighted by Crippen LogP contribution is 2.24. The highest BCUT2D eigenvalue weighted by Gasteiger charge is 2.26. The lowest BCUT2D eigenvalue weighted by atomic mass is 10.1. The topological polar surface area (TPSA) is 116 Å². The molecule has 2 heterocycles. The molecule has 54 heavy (non-hydrogen) atoms. The predicted molar refractivity (Wildman–Crippen MR) is 214 cm³/mol. The number of aryl methyl sites for hydroxylation is 2. The van der Waals surface area contributed by atoms with Crippen molar-refractivity contribution < 1.29 is 23.9 Å². The van der Waals surface area contributed by atoms with Crippen LogP contribution in [0.1, 0.15) is 81.5 Å². The number of rotatable bonds is 9. The SMILES string of the molecule is COC(=O)c1ccc(CN(C(=O)N2CCCCC2)c2cccc(C)c2)cc1.Cc1cccc(N(Cc2ccc(C(=O)CN)cc2)C(=O)N2CCCCC2)c1. The Balaban J connectivity index is 0.000000208. The molecule has 0 unspecified atom stereocenters. The summed E-state index contributed by atoms with van der Waals surface area (Å²) in [7, 11) is 1.37. The van der Waals surface area contributed by atoms with Crippen LogP contribution in [0, 0.1) is 13.8 Å². The van der Waals surface area contributed by atoms with Crippen molar-refractivity contribution >= 4 is 35.2 Å². The van der Waals surface area contributed by atoms with Gasteiger partial charge in [-0.15, -0.1) is 0 Å². The number of hydrogen-bond donors (Lipinski definition) is 1. The number of amides is 4. The number of anilines is 2. The van der Waals surface area contributed by atoms with E-state index < -0.39 is 0 Å². The normalized spacial score (nSPS) is 14.0. The molecular weight excluding hydrogens is 679 g/mol. The van der Waals surface area contributed by atoms with E-state index >= 15 is 0 Å². The number of carbonyl (C=O) groups is 4. The maximum absolute atomic E-state index is 13.2. The number of carbonyl (C=O) groups excluding carboxylic acids is 4. The summed E-state index contributed by atoms with van der Waals surface area (Å²) in [6, 6.07) is 30.7. The molecule has 10 nitrogen and oxygen atoms in total.